The first-order chi connectivity index (χ1) is 17.1. The first-order valence-corrected chi connectivity index (χ1v) is 12.7. The quantitative estimate of drug-likeness (QED) is 0.593. The molecule has 1 amide bonds. The van der Waals surface area contributed by atoms with E-state index in [0.29, 0.717) is 24.6 Å². The van der Waals surface area contributed by atoms with Crippen molar-refractivity contribution in [2.45, 2.75) is 38.1 Å². The molecule has 2 fully saturated rings. The highest BCUT2D eigenvalue weighted by molar-refractivity contribution is 5.92. The van der Waals surface area contributed by atoms with Gasteiger partial charge < -0.3 is 19.3 Å². The van der Waals surface area contributed by atoms with E-state index in [2.05, 4.69) is 9.80 Å². The Bertz CT molecular complexity index is 1050. The van der Waals surface area contributed by atoms with Crippen LogP contribution in [0.15, 0.2) is 30.5 Å². The Balaban J connectivity index is 1.19. The van der Waals surface area contributed by atoms with Crippen molar-refractivity contribution in [2.75, 3.05) is 58.4 Å². The van der Waals surface area contributed by atoms with Crippen molar-refractivity contribution in [1.82, 2.24) is 19.8 Å². The minimum atomic E-state index is -0.000100. The van der Waals surface area contributed by atoms with E-state index in [1.54, 1.807) is 20.3 Å². The Morgan fingerprint density at radius 3 is 2.34 bits per heavy atom. The molecule has 1 saturated heterocycles. The zero-order chi connectivity index (χ0) is 24.2. The van der Waals surface area contributed by atoms with Crippen LogP contribution in [0, 0.1) is 0 Å². The van der Waals surface area contributed by atoms with Crippen LogP contribution in [0.4, 0.5) is 5.95 Å². The maximum Gasteiger partial charge on any atom is 0.246 e. The lowest BCUT2D eigenvalue weighted by Gasteiger charge is -2.43. The van der Waals surface area contributed by atoms with Gasteiger partial charge >= 0.3 is 0 Å². The van der Waals surface area contributed by atoms with Crippen molar-refractivity contribution in [3.8, 4) is 11.5 Å². The van der Waals surface area contributed by atoms with E-state index in [1.807, 2.05) is 35.4 Å². The first kappa shape index (κ1) is 23.6. The second-order valence-electron chi connectivity index (χ2n) is 9.55. The van der Waals surface area contributed by atoms with Crippen LogP contribution < -0.4 is 14.4 Å². The fourth-order valence-electron chi connectivity index (χ4n) is 5.08. The van der Waals surface area contributed by atoms with Gasteiger partial charge in [-0.2, -0.15) is 0 Å². The topological polar surface area (TPSA) is 71.0 Å². The molecule has 0 radical (unpaired) electrons. The molecular weight excluding hydrogens is 442 g/mol. The number of aromatic nitrogens is 2. The molecule has 8 heteroatoms. The number of ether oxygens (including phenoxy) is 2. The van der Waals surface area contributed by atoms with E-state index >= 15 is 0 Å². The van der Waals surface area contributed by atoms with Crippen LogP contribution in [-0.2, 0) is 17.6 Å². The summed E-state index contributed by atoms with van der Waals surface area (Å²) in [4.78, 5) is 29.4. The highest BCUT2D eigenvalue weighted by Crippen LogP contribution is 2.27. The van der Waals surface area contributed by atoms with Gasteiger partial charge in [0.1, 0.15) is 11.5 Å². The Morgan fingerprint density at radius 1 is 0.971 bits per heavy atom. The van der Waals surface area contributed by atoms with Crippen molar-refractivity contribution >= 4 is 17.9 Å². The standard InChI is InChI=1S/C27H35N5O3/c1-34-23-16-20(17-24(18-23)35-2)6-7-26(33)31-10-8-21-19-28-27(29-25(21)9-11-31)32-14-12-30(13-15-32)22-4-3-5-22/h6-7,16-19,22H,3-5,8-15H2,1-2H3. The Morgan fingerprint density at radius 2 is 1.69 bits per heavy atom. The molecule has 0 unspecified atom stereocenters. The summed E-state index contributed by atoms with van der Waals surface area (Å²) in [6.45, 7) is 5.49. The molecule has 0 atom stereocenters. The molecule has 0 bridgehead atoms. The molecule has 0 spiro atoms. The molecule has 2 aromatic rings. The second-order valence-corrected chi connectivity index (χ2v) is 9.55. The SMILES string of the molecule is COc1cc(C=CC(=O)N2CCc3cnc(N4CCN(C5CCC5)CC4)nc3CC2)cc(OC)c1. The van der Waals surface area contributed by atoms with Gasteiger partial charge in [-0.25, -0.2) is 9.97 Å². The fraction of sp³-hybridized carbons (Fsp3) is 0.519. The zero-order valence-electron chi connectivity index (χ0n) is 20.8. The third-order valence-electron chi connectivity index (χ3n) is 7.50. The average molecular weight is 478 g/mol. The predicted octanol–water partition coefficient (Wildman–Crippen LogP) is 2.81. The van der Waals surface area contributed by atoms with E-state index < -0.39 is 0 Å². The maximum atomic E-state index is 12.9. The predicted molar refractivity (Wildman–Crippen MR) is 136 cm³/mol. The van der Waals surface area contributed by atoms with Crippen LogP contribution in [0.2, 0.25) is 0 Å². The molecule has 1 aromatic carbocycles. The van der Waals surface area contributed by atoms with E-state index in [-0.39, 0.29) is 5.91 Å². The number of rotatable bonds is 6. The molecule has 1 aliphatic carbocycles. The van der Waals surface area contributed by atoms with Crippen LogP contribution in [0.25, 0.3) is 6.08 Å². The van der Waals surface area contributed by atoms with Crippen molar-refractivity contribution in [3.05, 3.63) is 47.3 Å². The molecule has 1 saturated carbocycles. The van der Waals surface area contributed by atoms with E-state index in [4.69, 9.17) is 19.4 Å². The fourth-order valence-corrected chi connectivity index (χ4v) is 5.08. The minimum Gasteiger partial charge on any atom is -0.497 e. The molecular formula is C27H35N5O3. The smallest absolute Gasteiger partial charge is 0.246 e. The monoisotopic (exact) mass is 477 g/mol. The van der Waals surface area contributed by atoms with Crippen LogP contribution in [-0.4, -0.2) is 85.2 Å². The number of piperazine rings is 1. The van der Waals surface area contributed by atoms with Crippen molar-refractivity contribution in [3.63, 3.8) is 0 Å². The van der Waals surface area contributed by atoms with E-state index in [9.17, 15) is 4.79 Å². The third kappa shape index (κ3) is 5.42. The number of methoxy groups -OCH3 is 2. The number of amides is 1. The van der Waals surface area contributed by atoms with Gasteiger partial charge in [0.25, 0.3) is 0 Å². The molecule has 186 valence electrons. The molecule has 8 nitrogen and oxygen atoms in total. The lowest BCUT2D eigenvalue weighted by atomic mass is 9.91. The summed E-state index contributed by atoms with van der Waals surface area (Å²) in [5.41, 5.74) is 3.09. The summed E-state index contributed by atoms with van der Waals surface area (Å²) >= 11 is 0. The first-order valence-electron chi connectivity index (χ1n) is 12.7. The summed E-state index contributed by atoms with van der Waals surface area (Å²) in [5, 5.41) is 0. The lowest BCUT2D eigenvalue weighted by Crippen LogP contribution is -2.52. The van der Waals surface area contributed by atoms with Gasteiger partial charge in [-0.15, -0.1) is 0 Å². The molecule has 2 aliphatic heterocycles. The van der Waals surface area contributed by atoms with Gasteiger partial charge in [0.2, 0.25) is 11.9 Å². The number of hydrogen-bond donors (Lipinski definition) is 0. The largest absolute Gasteiger partial charge is 0.497 e. The van der Waals surface area contributed by atoms with Gasteiger partial charge in [0, 0.05) is 70.1 Å². The summed E-state index contributed by atoms with van der Waals surface area (Å²) in [7, 11) is 3.23. The van der Waals surface area contributed by atoms with Crippen LogP contribution in [0.3, 0.4) is 0 Å². The van der Waals surface area contributed by atoms with Crippen LogP contribution >= 0.6 is 0 Å². The van der Waals surface area contributed by atoms with E-state index in [1.165, 1.54) is 19.3 Å². The van der Waals surface area contributed by atoms with Crippen molar-refractivity contribution < 1.29 is 14.3 Å². The van der Waals surface area contributed by atoms with Gasteiger partial charge in [-0.1, -0.05) is 6.42 Å². The Kier molecular flexibility index (Phi) is 7.18. The number of carbonyl (C=O) groups is 1. The number of nitrogens with zero attached hydrogens (tertiary/aromatic N) is 5. The lowest BCUT2D eigenvalue weighted by molar-refractivity contribution is -0.125. The highest BCUT2D eigenvalue weighted by Gasteiger charge is 2.29. The number of anilines is 1. The molecule has 3 aliphatic rings. The zero-order valence-corrected chi connectivity index (χ0v) is 20.8. The summed E-state index contributed by atoms with van der Waals surface area (Å²) in [5.74, 6) is 2.23. The molecule has 1 aromatic heterocycles. The number of benzene rings is 1. The van der Waals surface area contributed by atoms with Crippen molar-refractivity contribution in [1.29, 1.82) is 0 Å². The average Bonchev–Trinajstić information content (AvgIpc) is 3.08. The molecule has 0 N–H and O–H groups in total. The molecule has 3 heterocycles. The van der Waals surface area contributed by atoms with Crippen LogP contribution in [0.5, 0.6) is 11.5 Å². The highest BCUT2D eigenvalue weighted by atomic mass is 16.5. The van der Waals surface area contributed by atoms with Gasteiger partial charge in [-0.05, 0) is 48.6 Å². The summed E-state index contributed by atoms with van der Waals surface area (Å²) < 4.78 is 10.6. The number of carbonyl (C=O) groups excluding carboxylic acids is 1. The van der Waals surface area contributed by atoms with Crippen molar-refractivity contribution in [2.24, 2.45) is 0 Å². The normalized spacial score (nSPS) is 19.3. The molecule has 35 heavy (non-hydrogen) atoms. The third-order valence-corrected chi connectivity index (χ3v) is 7.50. The summed E-state index contributed by atoms with van der Waals surface area (Å²) in [6.07, 6.45) is 11.0. The van der Waals surface area contributed by atoms with E-state index in [0.717, 1.165) is 67.8 Å². The Hall–Kier alpha value is -3.13. The summed E-state index contributed by atoms with van der Waals surface area (Å²) in [6, 6.07) is 6.38. The second kappa shape index (κ2) is 10.6. The van der Waals surface area contributed by atoms with Crippen LogP contribution in [0.1, 0.15) is 36.1 Å². The Labute approximate surface area is 207 Å². The minimum absolute atomic E-state index is 0.000100. The maximum absolute atomic E-state index is 12.9. The van der Waals surface area contributed by atoms with Gasteiger partial charge in [0.05, 0.1) is 19.9 Å². The number of hydrogen-bond acceptors (Lipinski definition) is 7. The van der Waals surface area contributed by atoms with Gasteiger partial charge in [0.15, 0.2) is 0 Å². The van der Waals surface area contributed by atoms with Gasteiger partial charge in [-0.3, -0.25) is 9.69 Å². The molecule has 5 rings (SSSR count). The number of fused-ring (bicyclic) bond motifs is 1.